The van der Waals surface area contributed by atoms with E-state index in [0.717, 1.165) is 17.4 Å². The molecule has 0 saturated carbocycles. The number of hydrogen-bond donors (Lipinski definition) is 0. The van der Waals surface area contributed by atoms with Crippen molar-refractivity contribution in [3.63, 3.8) is 0 Å². The number of aromatic nitrogens is 2. The van der Waals surface area contributed by atoms with Crippen LogP contribution in [0.25, 0.3) is 10.2 Å². The van der Waals surface area contributed by atoms with E-state index in [-0.39, 0.29) is 24.8 Å². The Morgan fingerprint density at radius 1 is 1.14 bits per heavy atom. The molecule has 0 unspecified atom stereocenters. The molecule has 0 aliphatic heterocycles. The first-order valence-corrected chi connectivity index (χ1v) is 9.99. The Labute approximate surface area is 165 Å². The molecule has 2 heterocycles. The Balaban J connectivity index is 2.01. The molecule has 148 valence electrons. The van der Waals surface area contributed by atoms with Gasteiger partial charge in [0, 0.05) is 13.6 Å². The lowest BCUT2D eigenvalue weighted by atomic mass is 10.2. The summed E-state index contributed by atoms with van der Waals surface area (Å²) in [6.07, 6.45) is 1.85. The molecule has 3 rings (SSSR count). The summed E-state index contributed by atoms with van der Waals surface area (Å²) in [6.45, 7) is 2.55. The van der Waals surface area contributed by atoms with Gasteiger partial charge < -0.3 is 4.90 Å². The molecule has 0 atom stereocenters. The Morgan fingerprint density at radius 3 is 2.54 bits per heavy atom. The highest BCUT2D eigenvalue weighted by Crippen LogP contribution is 2.16. The van der Waals surface area contributed by atoms with Crippen LogP contribution in [-0.2, 0) is 17.9 Å². The van der Waals surface area contributed by atoms with Crippen molar-refractivity contribution >= 4 is 27.5 Å². The lowest BCUT2D eigenvalue weighted by Crippen LogP contribution is -2.42. The molecular weight excluding hydrogens is 381 g/mol. The molecule has 2 aromatic heterocycles. The van der Waals surface area contributed by atoms with Gasteiger partial charge in [-0.3, -0.25) is 18.7 Å². The van der Waals surface area contributed by atoms with Gasteiger partial charge in [0.05, 0.1) is 12.1 Å². The molecule has 1 aromatic carbocycles. The van der Waals surface area contributed by atoms with E-state index in [9.17, 15) is 18.8 Å². The van der Waals surface area contributed by atoms with Gasteiger partial charge in [-0.05, 0) is 35.6 Å². The van der Waals surface area contributed by atoms with E-state index >= 15 is 0 Å². The minimum atomic E-state index is -0.544. The molecule has 6 nitrogen and oxygen atoms in total. The van der Waals surface area contributed by atoms with Gasteiger partial charge in [0.2, 0.25) is 5.91 Å². The van der Waals surface area contributed by atoms with Gasteiger partial charge in [0.25, 0.3) is 5.56 Å². The Morgan fingerprint density at radius 2 is 1.86 bits per heavy atom. The standard InChI is InChI=1S/C20H22FN3O3S/c1-3-4-10-22(2)17(25)13-23-16-9-11-28-18(16)19(26)24(20(23)27)12-14-5-7-15(21)8-6-14/h5-9,11H,3-4,10,12-13H2,1-2H3. The summed E-state index contributed by atoms with van der Waals surface area (Å²) in [4.78, 5) is 40.0. The quantitative estimate of drug-likeness (QED) is 0.609. The molecule has 0 N–H and O–H groups in total. The number of halogens is 1. The van der Waals surface area contributed by atoms with E-state index in [0.29, 0.717) is 22.3 Å². The molecular formula is C20H22FN3O3S. The second kappa shape index (κ2) is 8.52. The number of fused-ring (bicyclic) bond motifs is 1. The Kier molecular flexibility index (Phi) is 6.08. The van der Waals surface area contributed by atoms with E-state index < -0.39 is 11.2 Å². The van der Waals surface area contributed by atoms with Gasteiger partial charge >= 0.3 is 5.69 Å². The molecule has 0 aliphatic carbocycles. The van der Waals surface area contributed by atoms with Crippen LogP contribution in [0.1, 0.15) is 25.3 Å². The van der Waals surface area contributed by atoms with E-state index in [1.165, 1.54) is 40.2 Å². The van der Waals surface area contributed by atoms with Crippen LogP contribution in [0.4, 0.5) is 4.39 Å². The summed E-state index contributed by atoms with van der Waals surface area (Å²) in [5, 5.41) is 1.73. The summed E-state index contributed by atoms with van der Waals surface area (Å²) in [7, 11) is 1.71. The highest BCUT2D eigenvalue weighted by atomic mass is 32.1. The number of hydrogen-bond acceptors (Lipinski definition) is 4. The highest BCUT2D eigenvalue weighted by Gasteiger charge is 2.18. The average molecular weight is 403 g/mol. The molecule has 28 heavy (non-hydrogen) atoms. The second-order valence-electron chi connectivity index (χ2n) is 6.69. The van der Waals surface area contributed by atoms with E-state index in [4.69, 9.17) is 0 Å². The molecule has 0 aliphatic rings. The second-order valence-corrected chi connectivity index (χ2v) is 7.61. The summed E-state index contributed by atoms with van der Waals surface area (Å²) in [5.41, 5.74) is 0.155. The number of nitrogens with zero attached hydrogens (tertiary/aromatic N) is 3. The van der Waals surface area contributed by atoms with Gasteiger partial charge in [-0.1, -0.05) is 25.5 Å². The number of thiophene rings is 1. The van der Waals surface area contributed by atoms with Crippen LogP contribution in [0.3, 0.4) is 0 Å². The van der Waals surface area contributed by atoms with Crippen molar-refractivity contribution in [3.05, 3.63) is 67.9 Å². The normalized spacial score (nSPS) is 11.1. The molecule has 0 spiro atoms. The van der Waals surface area contributed by atoms with Crippen LogP contribution in [0.2, 0.25) is 0 Å². The predicted octanol–water partition coefficient (Wildman–Crippen LogP) is 2.67. The lowest BCUT2D eigenvalue weighted by molar-refractivity contribution is -0.130. The molecule has 0 bridgehead atoms. The topological polar surface area (TPSA) is 64.3 Å². The third kappa shape index (κ3) is 4.06. The number of rotatable bonds is 7. The zero-order chi connectivity index (χ0) is 20.3. The van der Waals surface area contributed by atoms with E-state index in [1.807, 2.05) is 6.92 Å². The van der Waals surface area contributed by atoms with Crippen LogP contribution in [0.5, 0.6) is 0 Å². The monoisotopic (exact) mass is 403 g/mol. The predicted molar refractivity (Wildman–Crippen MR) is 108 cm³/mol. The van der Waals surface area contributed by atoms with Crippen LogP contribution >= 0.6 is 11.3 Å². The minimum absolute atomic E-state index is 0.0195. The van der Waals surface area contributed by atoms with Crippen molar-refractivity contribution in [1.29, 1.82) is 0 Å². The van der Waals surface area contributed by atoms with Crippen molar-refractivity contribution in [2.24, 2.45) is 0 Å². The van der Waals surface area contributed by atoms with Crippen molar-refractivity contribution in [1.82, 2.24) is 14.0 Å². The first-order valence-electron chi connectivity index (χ1n) is 9.11. The summed E-state index contributed by atoms with van der Waals surface area (Å²) in [5.74, 6) is -0.571. The number of likely N-dealkylation sites (N-methyl/N-ethyl adjacent to an activating group) is 1. The van der Waals surface area contributed by atoms with E-state index in [2.05, 4.69) is 0 Å². The Hall–Kier alpha value is -2.74. The molecule has 0 radical (unpaired) electrons. The summed E-state index contributed by atoms with van der Waals surface area (Å²) < 4.78 is 16.0. The molecule has 0 fully saturated rings. The number of unbranched alkanes of at least 4 members (excludes halogenated alkanes) is 1. The average Bonchev–Trinajstić information content (AvgIpc) is 3.17. The maximum Gasteiger partial charge on any atom is 0.332 e. The summed E-state index contributed by atoms with van der Waals surface area (Å²) in [6, 6.07) is 7.33. The van der Waals surface area contributed by atoms with Crippen molar-refractivity contribution in [2.75, 3.05) is 13.6 Å². The first kappa shape index (κ1) is 20.0. The number of amides is 1. The molecule has 8 heteroatoms. The van der Waals surface area contributed by atoms with Gasteiger partial charge in [0.1, 0.15) is 17.1 Å². The Bertz CT molecular complexity index is 1100. The van der Waals surface area contributed by atoms with Gasteiger partial charge in [-0.15, -0.1) is 11.3 Å². The van der Waals surface area contributed by atoms with Gasteiger partial charge in [-0.2, -0.15) is 0 Å². The van der Waals surface area contributed by atoms with Crippen LogP contribution < -0.4 is 11.2 Å². The van der Waals surface area contributed by atoms with Crippen LogP contribution in [-0.4, -0.2) is 33.5 Å². The summed E-state index contributed by atoms with van der Waals surface area (Å²) >= 11 is 1.24. The van der Waals surface area contributed by atoms with Gasteiger partial charge in [-0.25, -0.2) is 9.18 Å². The number of carbonyl (C=O) groups is 1. The van der Waals surface area contributed by atoms with Crippen LogP contribution in [0, 0.1) is 5.82 Å². The zero-order valence-corrected chi connectivity index (χ0v) is 16.7. The maximum atomic E-state index is 13.1. The molecule has 1 amide bonds. The fourth-order valence-electron chi connectivity index (χ4n) is 2.97. The first-order chi connectivity index (χ1) is 13.4. The number of benzene rings is 1. The zero-order valence-electron chi connectivity index (χ0n) is 15.9. The third-order valence-electron chi connectivity index (χ3n) is 4.66. The fraction of sp³-hybridized carbons (Fsp3) is 0.350. The smallest absolute Gasteiger partial charge is 0.332 e. The largest absolute Gasteiger partial charge is 0.344 e. The highest BCUT2D eigenvalue weighted by molar-refractivity contribution is 7.17. The molecule has 0 saturated heterocycles. The fourth-order valence-corrected chi connectivity index (χ4v) is 3.82. The maximum absolute atomic E-state index is 13.1. The van der Waals surface area contributed by atoms with Gasteiger partial charge in [0.15, 0.2) is 0 Å². The minimum Gasteiger partial charge on any atom is -0.344 e. The van der Waals surface area contributed by atoms with Crippen molar-refractivity contribution in [3.8, 4) is 0 Å². The third-order valence-corrected chi connectivity index (χ3v) is 5.55. The van der Waals surface area contributed by atoms with Crippen molar-refractivity contribution in [2.45, 2.75) is 32.9 Å². The molecule has 3 aromatic rings. The van der Waals surface area contributed by atoms with Crippen LogP contribution in [0.15, 0.2) is 45.3 Å². The van der Waals surface area contributed by atoms with Crippen molar-refractivity contribution < 1.29 is 9.18 Å². The number of carbonyl (C=O) groups excluding carboxylic acids is 1. The van der Waals surface area contributed by atoms with E-state index in [1.54, 1.807) is 23.4 Å². The lowest BCUT2D eigenvalue weighted by Gasteiger charge is -2.18. The SMILES string of the molecule is CCCCN(C)C(=O)Cn1c(=O)n(Cc2ccc(F)cc2)c(=O)c2sccc21.